The highest BCUT2D eigenvalue weighted by Crippen LogP contribution is 2.64. The molecule has 2 aromatic carbocycles. The van der Waals surface area contributed by atoms with Gasteiger partial charge < -0.3 is 9.84 Å². The lowest BCUT2D eigenvalue weighted by molar-refractivity contribution is 0.0339. The topological polar surface area (TPSA) is 29.5 Å². The number of phenols is 1. The average molecular weight is 316 g/mol. The third kappa shape index (κ3) is 2.14. The summed E-state index contributed by atoms with van der Waals surface area (Å²) in [7, 11) is -0.899. The molecule has 0 radical (unpaired) electrons. The van der Waals surface area contributed by atoms with Crippen LogP contribution < -0.4 is 0 Å². The van der Waals surface area contributed by atoms with Crippen LogP contribution in [0.2, 0.25) is 0 Å². The quantitative estimate of drug-likeness (QED) is 0.827. The number of ether oxygens (including phenoxy) is 1. The standard InChI is InChI=1S/C19H24O2S/c1-22(13-12-21-17-8-4-5-9-19(17)22)18-11-10-16(20)14-6-2-3-7-15(14)18/h2-3,6-7,10-11,17,19-20H,4-5,8-9,12-13H2,1H3. The van der Waals surface area contributed by atoms with Gasteiger partial charge in [0.1, 0.15) is 5.75 Å². The van der Waals surface area contributed by atoms with Crippen molar-refractivity contribution in [3.8, 4) is 5.75 Å². The summed E-state index contributed by atoms with van der Waals surface area (Å²) < 4.78 is 6.11. The summed E-state index contributed by atoms with van der Waals surface area (Å²) in [5.41, 5.74) is 0. The van der Waals surface area contributed by atoms with Crippen molar-refractivity contribution in [2.24, 2.45) is 0 Å². The van der Waals surface area contributed by atoms with Crippen molar-refractivity contribution in [3.63, 3.8) is 0 Å². The Hall–Kier alpha value is -1.19. The summed E-state index contributed by atoms with van der Waals surface area (Å²) in [4.78, 5) is 1.47. The van der Waals surface area contributed by atoms with Gasteiger partial charge in [-0.25, -0.2) is 10.0 Å². The van der Waals surface area contributed by atoms with Gasteiger partial charge in [0, 0.05) is 16.4 Å². The molecule has 1 aliphatic heterocycles. The van der Waals surface area contributed by atoms with Crippen molar-refractivity contribution in [2.45, 2.75) is 41.9 Å². The monoisotopic (exact) mass is 316 g/mol. The molecule has 1 saturated heterocycles. The second kappa shape index (κ2) is 5.47. The molecular weight excluding hydrogens is 292 g/mol. The zero-order chi connectivity index (χ0) is 15.2. The Labute approximate surface area is 133 Å². The van der Waals surface area contributed by atoms with Crippen LogP contribution in [-0.4, -0.2) is 35.1 Å². The molecule has 2 aromatic rings. The molecule has 1 aliphatic carbocycles. The maximum atomic E-state index is 10.2. The smallest absolute Gasteiger partial charge is 0.123 e. The first-order valence-electron chi connectivity index (χ1n) is 8.27. The second-order valence-electron chi connectivity index (χ2n) is 6.72. The molecule has 0 amide bonds. The number of benzene rings is 2. The van der Waals surface area contributed by atoms with E-state index in [-0.39, 0.29) is 0 Å². The Bertz CT molecular complexity index is 697. The number of fused-ring (bicyclic) bond motifs is 2. The molecule has 2 nitrogen and oxygen atoms in total. The maximum absolute atomic E-state index is 10.2. The van der Waals surface area contributed by atoms with E-state index in [1.54, 1.807) is 0 Å². The summed E-state index contributed by atoms with van der Waals surface area (Å²) in [6.45, 7) is 0.891. The van der Waals surface area contributed by atoms with Crippen LogP contribution >= 0.6 is 10.0 Å². The van der Waals surface area contributed by atoms with E-state index in [0.29, 0.717) is 17.1 Å². The molecule has 118 valence electrons. The summed E-state index contributed by atoms with van der Waals surface area (Å²) in [5, 5.41) is 13.1. The van der Waals surface area contributed by atoms with Gasteiger partial charge in [-0.3, -0.25) is 0 Å². The fraction of sp³-hybridized carbons (Fsp3) is 0.474. The predicted molar refractivity (Wildman–Crippen MR) is 94.3 cm³/mol. The summed E-state index contributed by atoms with van der Waals surface area (Å²) >= 11 is 0. The van der Waals surface area contributed by atoms with Crippen molar-refractivity contribution >= 4 is 20.8 Å². The van der Waals surface area contributed by atoms with Crippen LogP contribution in [0.25, 0.3) is 10.8 Å². The lowest BCUT2D eigenvalue weighted by Gasteiger charge is -2.53. The molecule has 0 aromatic heterocycles. The number of hydrogen-bond donors (Lipinski definition) is 1. The minimum absolute atomic E-state index is 0.398. The van der Waals surface area contributed by atoms with Crippen LogP contribution in [0.4, 0.5) is 0 Å². The Kier molecular flexibility index (Phi) is 3.58. The van der Waals surface area contributed by atoms with E-state index in [1.807, 2.05) is 18.2 Å². The van der Waals surface area contributed by atoms with E-state index in [0.717, 1.165) is 17.7 Å². The van der Waals surface area contributed by atoms with Crippen LogP contribution in [0.15, 0.2) is 41.3 Å². The Morgan fingerprint density at radius 1 is 1.05 bits per heavy atom. The minimum Gasteiger partial charge on any atom is -0.507 e. The number of hydrogen-bond acceptors (Lipinski definition) is 2. The molecule has 1 saturated carbocycles. The molecule has 1 heterocycles. The van der Waals surface area contributed by atoms with Gasteiger partial charge in [-0.2, -0.15) is 0 Å². The third-order valence-electron chi connectivity index (χ3n) is 5.51. The lowest BCUT2D eigenvalue weighted by Crippen LogP contribution is -2.43. The molecule has 4 rings (SSSR count). The zero-order valence-corrected chi connectivity index (χ0v) is 13.9. The van der Waals surface area contributed by atoms with E-state index < -0.39 is 10.0 Å². The van der Waals surface area contributed by atoms with Crippen LogP contribution in [0.3, 0.4) is 0 Å². The van der Waals surface area contributed by atoms with Gasteiger partial charge in [-0.1, -0.05) is 37.1 Å². The van der Waals surface area contributed by atoms with Crippen molar-refractivity contribution in [1.29, 1.82) is 0 Å². The molecule has 0 spiro atoms. The van der Waals surface area contributed by atoms with Gasteiger partial charge in [-0.15, -0.1) is 0 Å². The van der Waals surface area contributed by atoms with Crippen molar-refractivity contribution < 1.29 is 9.84 Å². The van der Waals surface area contributed by atoms with E-state index in [1.165, 1.54) is 36.0 Å². The number of phenolic OH excluding ortho intramolecular Hbond substituents is 1. The Balaban J connectivity index is 1.88. The van der Waals surface area contributed by atoms with E-state index >= 15 is 0 Å². The molecule has 1 N–H and O–H groups in total. The fourth-order valence-corrected chi connectivity index (χ4v) is 8.23. The van der Waals surface area contributed by atoms with Crippen LogP contribution in [0.1, 0.15) is 25.7 Å². The zero-order valence-electron chi connectivity index (χ0n) is 13.1. The van der Waals surface area contributed by atoms with Crippen LogP contribution in [0, 0.1) is 0 Å². The minimum atomic E-state index is -0.899. The van der Waals surface area contributed by atoms with Gasteiger partial charge in [0.2, 0.25) is 0 Å². The summed E-state index contributed by atoms with van der Waals surface area (Å²) in [6, 6.07) is 12.4. The van der Waals surface area contributed by atoms with Gasteiger partial charge in [-0.05, 0) is 41.5 Å². The average Bonchev–Trinajstić information content (AvgIpc) is 2.56. The van der Waals surface area contributed by atoms with Crippen molar-refractivity contribution in [2.75, 3.05) is 18.6 Å². The number of aromatic hydroxyl groups is 1. The van der Waals surface area contributed by atoms with E-state index in [2.05, 4.69) is 24.5 Å². The highest BCUT2D eigenvalue weighted by atomic mass is 32.3. The SMILES string of the molecule is CS1(c2ccc(O)c3ccccc23)CCOC2CCCCC21. The van der Waals surface area contributed by atoms with Gasteiger partial charge in [0.15, 0.2) is 0 Å². The largest absolute Gasteiger partial charge is 0.507 e. The van der Waals surface area contributed by atoms with Gasteiger partial charge >= 0.3 is 0 Å². The maximum Gasteiger partial charge on any atom is 0.123 e. The van der Waals surface area contributed by atoms with Crippen molar-refractivity contribution in [3.05, 3.63) is 36.4 Å². The van der Waals surface area contributed by atoms with E-state index in [9.17, 15) is 5.11 Å². The van der Waals surface area contributed by atoms with Crippen molar-refractivity contribution in [1.82, 2.24) is 0 Å². The molecule has 0 bridgehead atoms. The molecule has 2 fully saturated rings. The molecule has 3 atom stereocenters. The molecule has 3 heteroatoms. The first-order valence-corrected chi connectivity index (χ1v) is 10.5. The third-order valence-corrected chi connectivity index (χ3v) is 9.76. The first-order chi connectivity index (χ1) is 10.7. The van der Waals surface area contributed by atoms with Crippen LogP contribution in [-0.2, 0) is 4.74 Å². The number of rotatable bonds is 1. The Morgan fingerprint density at radius 3 is 2.68 bits per heavy atom. The summed E-state index contributed by atoms with van der Waals surface area (Å²) in [6.07, 6.45) is 8.12. The summed E-state index contributed by atoms with van der Waals surface area (Å²) in [5.74, 6) is 1.55. The fourth-order valence-electron chi connectivity index (χ4n) is 4.31. The Morgan fingerprint density at radius 2 is 1.82 bits per heavy atom. The lowest BCUT2D eigenvalue weighted by atomic mass is 9.97. The molecular formula is C19H24O2S. The molecule has 22 heavy (non-hydrogen) atoms. The molecule has 2 aliphatic rings. The van der Waals surface area contributed by atoms with Gasteiger partial charge in [0.05, 0.1) is 12.7 Å². The normalized spacial score (nSPS) is 34.8. The first kappa shape index (κ1) is 14.4. The highest BCUT2D eigenvalue weighted by Gasteiger charge is 2.42. The molecule has 3 unspecified atom stereocenters. The second-order valence-corrected chi connectivity index (χ2v) is 10.5. The van der Waals surface area contributed by atoms with Crippen LogP contribution in [0.5, 0.6) is 5.75 Å². The predicted octanol–water partition coefficient (Wildman–Crippen LogP) is 4.68. The highest BCUT2D eigenvalue weighted by molar-refractivity contribution is 8.34. The van der Waals surface area contributed by atoms with Gasteiger partial charge in [0.25, 0.3) is 0 Å². The van der Waals surface area contributed by atoms with E-state index in [4.69, 9.17) is 4.74 Å².